The molecule has 1 saturated heterocycles. The van der Waals surface area contributed by atoms with Gasteiger partial charge in [-0.2, -0.15) is 0 Å². The van der Waals surface area contributed by atoms with Crippen molar-refractivity contribution in [2.75, 3.05) is 23.7 Å². The summed E-state index contributed by atoms with van der Waals surface area (Å²) in [5, 5.41) is 8.38. The second kappa shape index (κ2) is 5.92. The third-order valence-corrected chi connectivity index (χ3v) is 9.18. The van der Waals surface area contributed by atoms with Crippen molar-refractivity contribution in [3.05, 3.63) is 12.1 Å². The van der Waals surface area contributed by atoms with Gasteiger partial charge in [0.25, 0.3) is 0 Å². The summed E-state index contributed by atoms with van der Waals surface area (Å²) < 4.78 is 6.54. The monoisotopic (exact) mass is 308 g/mol. The van der Waals surface area contributed by atoms with Gasteiger partial charge in [-0.05, 0) is 43.1 Å². The molecule has 118 valence electrons. The van der Waals surface area contributed by atoms with Crippen molar-refractivity contribution >= 4 is 20.0 Å². The standard InChI is InChI=1S/C15H28N4OSi/c1-15(2,3)21(4,5)20-12-7-6-10-19(11-12)14-9-8-13(16)17-18-14/h8-9,12H,6-7,10-11H2,1-5H3,(H2,16,17). The number of nitrogens with zero attached hydrogens (tertiary/aromatic N) is 3. The largest absolute Gasteiger partial charge is 0.412 e. The Bertz CT molecular complexity index is 470. The zero-order chi connectivity index (χ0) is 15.7. The molecule has 5 nitrogen and oxygen atoms in total. The SMILES string of the molecule is CC(C)(C)[Si](C)(C)OC1CCCN(c2ccc(N)nn2)C1. The van der Waals surface area contributed by atoms with Gasteiger partial charge in [-0.15, -0.1) is 10.2 Å². The molecule has 1 aromatic heterocycles. The van der Waals surface area contributed by atoms with E-state index in [2.05, 4.69) is 49.0 Å². The molecule has 6 heteroatoms. The number of hydrogen-bond acceptors (Lipinski definition) is 5. The molecule has 0 radical (unpaired) electrons. The van der Waals surface area contributed by atoms with Gasteiger partial charge in [-0.25, -0.2) is 0 Å². The van der Waals surface area contributed by atoms with E-state index in [1.165, 1.54) is 0 Å². The molecule has 0 spiro atoms. The Hall–Kier alpha value is -1.14. The summed E-state index contributed by atoms with van der Waals surface area (Å²) in [4.78, 5) is 2.26. The lowest BCUT2D eigenvalue weighted by Gasteiger charge is -2.42. The molecule has 0 amide bonds. The Morgan fingerprint density at radius 2 is 2.00 bits per heavy atom. The van der Waals surface area contributed by atoms with Crippen LogP contribution >= 0.6 is 0 Å². The van der Waals surface area contributed by atoms with Gasteiger partial charge in [0, 0.05) is 13.1 Å². The van der Waals surface area contributed by atoms with E-state index in [-0.39, 0.29) is 5.04 Å². The average molecular weight is 309 g/mol. The minimum Gasteiger partial charge on any atom is -0.412 e. The van der Waals surface area contributed by atoms with Crippen molar-refractivity contribution < 1.29 is 4.43 Å². The van der Waals surface area contributed by atoms with Gasteiger partial charge >= 0.3 is 0 Å². The normalized spacial score (nSPS) is 20.6. The zero-order valence-corrected chi connectivity index (χ0v) is 14.9. The van der Waals surface area contributed by atoms with Crippen LogP contribution in [0.15, 0.2) is 12.1 Å². The van der Waals surface area contributed by atoms with Gasteiger partial charge in [0.1, 0.15) is 5.82 Å². The van der Waals surface area contributed by atoms with Crippen LogP contribution in [0.3, 0.4) is 0 Å². The first-order valence-corrected chi connectivity index (χ1v) is 10.6. The van der Waals surface area contributed by atoms with E-state index in [1.807, 2.05) is 6.07 Å². The van der Waals surface area contributed by atoms with Crippen LogP contribution < -0.4 is 10.6 Å². The Morgan fingerprint density at radius 3 is 2.57 bits per heavy atom. The zero-order valence-electron chi connectivity index (χ0n) is 13.9. The molecule has 1 atom stereocenters. The Morgan fingerprint density at radius 1 is 1.29 bits per heavy atom. The summed E-state index contributed by atoms with van der Waals surface area (Å²) >= 11 is 0. The first-order valence-electron chi connectivity index (χ1n) is 7.71. The molecule has 0 aromatic carbocycles. The van der Waals surface area contributed by atoms with Crippen LogP contribution in [0.5, 0.6) is 0 Å². The van der Waals surface area contributed by atoms with Crippen molar-refractivity contribution in [2.24, 2.45) is 0 Å². The maximum absolute atomic E-state index is 6.54. The highest BCUT2D eigenvalue weighted by Crippen LogP contribution is 2.38. The fraction of sp³-hybridized carbons (Fsp3) is 0.733. The summed E-state index contributed by atoms with van der Waals surface area (Å²) in [6.07, 6.45) is 2.55. The molecular formula is C15H28N4OSi. The molecule has 2 heterocycles. The van der Waals surface area contributed by atoms with Gasteiger partial charge in [0.2, 0.25) is 0 Å². The predicted molar refractivity (Wildman–Crippen MR) is 90.0 cm³/mol. The molecule has 21 heavy (non-hydrogen) atoms. The van der Waals surface area contributed by atoms with E-state index < -0.39 is 8.32 Å². The summed E-state index contributed by atoms with van der Waals surface area (Å²) in [7, 11) is -1.71. The van der Waals surface area contributed by atoms with E-state index in [1.54, 1.807) is 6.07 Å². The van der Waals surface area contributed by atoms with Gasteiger partial charge in [0.05, 0.1) is 6.10 Å². The minimum atomic E-state index is -1.71. The lowest BCUT2D eigenvalue weighted by atomic mass is 10.1. The average Bonchev–Trinajstić information content (AvgIpc) is 2.38. The maximum Gasteiger partial charge on any atom is 0.192 e. The van der Waals surface area contributed by atoms with E-state index >= 15 is 0 Å². The first kappa shape index (κ1) is 16.2. The quantitative estimate of drug-likeness (QED) is 0.869. The summed E-state index contributed by atoms with van der Waals surface area (Å²) in [6, 6.07) is 3.75. The third-order valence-electron chi connectivity index (χ3n) is 4.64. The van der Waals surface area contributed by atoms with Crippen LogP contribution in [-0.2, 0) is 4.43 Å². The molecule has 0 saturated carbocycles. The van der Waals surface area contributed by atoms with Gasteiger partial charge in [0.15, 0.2) is 14.1 Å². The molecule has 0 aliphatic carbocycles. The van der Waals surface area contributed by atoms with E-state index in [0.717, 1.165) is 31.7 Å². The van der Waals surface area contributed by atoms with E-state index in [0.29, 0.717) is 11.9 Å². The van der Waals surface area contributed by atoms with Crippen LogP contribution in [0, 0.1) is 0 Å². The summed E-state index contributed by atoms with van der Waals surface area (Å²) in [6.45, 7) is 13.4. The molecule has 1 aromatic rings. The molecule has 1 unspecified atom stereocenters. The van der Waals surface area contributed by atoms with Crippen LogP contribution in [-0.4, -0.2) is 37.7 Å². The first-order chi connectivity index (χ1) is 9.69. The Labute approximate surface area is 129 Å². The number of hydrogen-bond donors (Lipinski definition) is 1. The second-order valence-electron chi connectivity index (χ2n) is 7.40. The van der Waals surface area contributed by atoms with Crippen molar-refractivity contribution in [3.8, 4) is 0 Å². The van der Waals surface area contributed by atoms with Gasteiger partial charge in [-0.1, -0.05) is 20.8 Å². The second-order valence-corrected chi connectivity index (χ2v) is 12.2. The lowest BCUT2D eigenvalue weighted by Crippen LogP contribution is -2.49. The molecule has 1 aliphatic heterocycles. The Balaban J connectivity index is 2.03. The predicted octanol–water partition coefficient (Wildman–Crippen LogP) is 3.05. The molecule has 2 rings (SSSR count). The highest BCUT2D eigenvalue weighted by Gasteiger charge is 2.40. The van der Waals surface area contributed by atoms with Crippen molar-refractivity contribution in [3.63, 3.8) is 0 Å². The van der Waals surface area contributed by atoms with Gasteiger partial charge in [-0.3, -0.25) is 0 Å². The highest BCUT2D eigenvalue weighted by atomic mass is 28.4. The lowest BCUT2D eigenvalue weighted by molar-refractivity contribution is 0.160. The number of nitrogens with two attached hydrogens (primary N) is 1. The third kappa shape index (κ3) is 3.94. The van der Waals surface area contributed by atoms with Crippen LogP contribution in [0.4, 0.5) is 11.6 Å². The summed E-state index contributed by atoms with van der Waals surface area (Å²) in [5.74, 6) is 1.36. The number of piperidine rings is 1. The molecule has 2 N–H and O–H groups in total. The number of aromatic nitrogens is 2. The van der Waals surface area contributed by atoms with Crippen molar-refractivity contribution in [2.45, 2.75) is 57.8 Å². The van der Waals surface area contributed by atoms with E-state index in [4.69, 9.17) is 10.2 Å². The van der Waals surface area contributed by atoms with Gasteiger partial charge < -0.3 is 15.1 Å². The summed E-state index contributed by atoms with van der Waals surface area (Å²) in [5.41, 5.74) is 5.60. The molecule has 1 aliphatic rings. The van der Waals surface area contributed by atoms with Crippen molar-refractivity contribution in [1.82, 2.24) is 10.2 Å². The van der Waals surface area contributed by atoms with Crippen LogP contribution in [0.25, 0.3) is 0 Å². The van der Waals surface area contributed by atoms with Crippen LogP contribution in [0.1, 0.15) is 33.6 Å². The maximum atomic E-state index is 6.54. The molecule has 1 fully saturated rings. The fourth-order valence-corrected chi connectivity index (χ4v) is 3.72. The number of nitrogen functional groups attached to an aromatic ring is 1. The number of anilines is 2. The number of rotatable bonds is 3. The smallest absolute Gasteiger partial charge is 0.192 e. The molecule has 0 bridgehead atoms. The van der Waals surface area contributed by atoms with E-state index in [9.17, 15) is 0 Å². The fourth-order valence-electron chi connectivity index (χ4n) is 2.34. The van der Waals surface area contributed by atoms with Crippen LogP contribution in [0.2, 0.25) is 18.1 Å². The Kier molecular flexibility index (Phi) is 4.58. The molecular weight excluding hydrogens is 280 g/mol. The topological polar surface area (TPSA) is 64.3 Å². The minimum absolute atomic E-state index is 0.246. The highest BCUT2D eigenvalue weighted by molar-refractivity contribution is 6.74. The van der Waals surface area contributed by atoms with Crippen molar-refractivity contribution in [1.29, 1.82) is 0 Å².